The Labute approximate surface area is 70.6 Å². The summed E-state index contributed by atoms with van der Waals surface area (Å²) in [6.45, 7) is 2.37. The number of thiol groups is 1. The Hall–Kier alpha value is -0.700. The van der Waals surface area contributed by atoms with Crippen molar-refractivity contribution in [1.82, 2.24) is 0 Å². The van der Waals surface area contributed by atoms with Gasteiger partial charge >= 0.3 is 0 Å². The highest BCUT2D eigenvalue weighted by Gasteiger charge is 2.03. The van der Waals surface area contributed by atoms with Gasteiger partial charge in [0.1, 0.15) is 11.6 Å². The van der Waals surface area contributed by atoms with E-state index in [1.54, 1.807) is 12.1 Å². The van der Waals surface area contributed by atoms with E-state index < -0.39 is 0 Å². The fourth-order valence-electron chi connectivity index (χ4n) is 0.768. The molecular weight excluding hydrogens is 163 g/mol. The summed E-state index contributed by atoms with van der Waals surface area (Å²) in [4.78, 5) is 0.273. The van der Waals surface area contributed by atoms with Gasteiger partial charge in [-0.05, 0) is 19.1 Å². The third kappa shape index (κ3) is 1.87. The van der Waals surface area contributed by atoms with Crippen LogP contribution in [0.4, 0.5) is 4.39 Å². The number of ether oxygens (including phenoxy) is 1. The highest BCUT2D eigenvalue weighted by atomic mass is 32.1. The van der Waals surface area contributed by atoms with E-state index in [0.29, 0.717) is 12.4 Å². The predicted octanol–water partition coefficient (Wildman–Crippen LogP) is 2.51. The van der Waals surface area contributed by atoms with Crippen molar-refractivity contribution in [3.8, 4) is 5.75 Å². The summed E-state index contributed by atoms with van der Waals surface area (Å²) in [6.07, 6.45) is 0. The minimum atomic E-state index is -0.348. The van der Waals surface area contributed by atoms with Gasteiger partial charge in [-0.3, -0.25) is 0 Å². The number of halogens is 1. The SMILES string of the molecule is CCOc1cccc(F)c1S. The van der Waals surface area contributed by atoms with Gasteiger partial charge in [-0.15, -0.1) is 12.6 Å². The molecule has 0 aliphatic heterocycles. The second-order valence-electron chi connectivity index (χ2n) is 2.02. The number of benzene rings is 1. The maximum atomic E-state index is 12.7. The van der Waals surface area contributed by atoms with Crippen molar-refractivity contribution in [3.05, 3.63) is 24.0 Å². The zero-order chi connectivity index (χ0) is 8.27. The molecule has 0 N–H and O–H groups in total. The molecule has 0 aliphatic rings. The van der Waals surface area contributed by atoms with Crippen LogP contribution in [0.5, 0.6) is 5.75 Å². The second-order valence-corrected chi connectivity index (χ2v) is 2.47. The van der Waals surface area contributed by atoms with Gasteiger partial charge in [0.15, 0.2) is 0 Å². The average Bonchev–Trinajstić information content (AvgIpc) is 1.99. The lowest BCUT2D eigenvalue weighted by Crippen LogP contribution is -1.93. The van der Waals surface area contributed by atoms with E-state index in [4.69, 9.17) is 4.74 Å². The lowest BCUT2D eigenvalue weighted by molar-refractivity contribution is 0.328. The number of hydrogen-bond donors (Lipinski definition) is 1. The van der Waals surface area contributed by atoms with Crippen molar-refractivity contribution >= 4 is 12.6 Å². The quantitative estimate of drug-likeness (QED) is 0.674. The molecule has 0 unspecified atom stereocenters. The van der Waals surface area contributed by atoms with Gasteiger partial charge in [-0.1, -0.05) is 6.07 Å². The van der Waals surface area contributed by atoms with Crippen LogP contribution in [0, 0.1) is 5.82 Å². The highest BCUT2D eigenvalue weighted by molar-refractivity contribution is 7.80. The van der Waals surface area contributed by atoms with E-state index in [9.17, 15) is 4.39 Å². The zero-order valence-electron chi connectivity index (χ0n) is 6.17. The van der Waals surface area contributed by atoms with Crippen LogP contribution >= 0.6 is 12.6 Å². The molecule has 3 heteroatoms. The maximum Gasteiger partial charge on any atom is 0.140 e. The largest absolute Gasteiger partial charge is 0.493 e. The first-order valence-electron chi connectivity index (χ1n) is 3.36. The van der Waals surface area contributed by atoms with Crippen LogP contribution < -0.4 is 4.74 Å². The Bertz CT molecular complexity index is 250. The summed E-state index contributed by atoms with van der Waals surface area (Å²) in [6, 6.07) is 4.64. The van der Waals surface area contributed by atoms with Crippen LogP contribution in [-0.2, 0) is 0 Å². The molecule has 0 saturated carbocycles. The smallest absolute Gasteiger partial charge is 0.140 e. The van der Waals surface area contributed by atoms with Crippen LogP contribution in [0.1, 0.15) is 6.92 Å². The molecule has 0 heterocycles. The molecule has 60 valence electrons. The minimum absolute atomic E-state index is 0.273. The van der Waals surface area contributed by atoms with E-state index in [2.05, 4.69) is 12.6 Å². The van der Waals surface area contributed by atoms with Crippen LogP contribution in [0.3, 0.4) is 0 Å². The molecule has 0 saturated heterocycles. The van der Waals surface area contributed by atoms with Crippen molar-refractivity contribution < 1.29 is 9.13 Å². The van der Waals surface area contributed by atoms with Crippen molar-refractivity contribution in [1.29, 1.82) is 0 Å². The fourth-order valence-corrected chi connectivity index (χ4v) is 0.981. The molecule has 1 rings (SSSR count). The first-order chi connectivity index (χ1) is 5.25. The highest BCUT2D eigenvalue weighted by Crippen LogP contribution is 2.24. The Morgan fingerprint density at radius 1 is 1.55 bits per heavy atom. The standard InChI is InChI=1S/C8H9FOS/c1-2-10-7-5-3-4-6(9)8(7)11/h3-5,11H,2H2,1H3. The predicted molar refractivity (Wildman–Crippen MR) is 44.8 cm³/mol. The Balaban J connectivity index is 2.96. The van der Waals surface area contributed by atoms with E-state index >= 15 is 0 Å². The van der Waals surface area contributed by atoms with E-state index in [0.717, 1.165) is 0 Å². The van der Waals surface area contributed by atoms with Crippen molar-refractivity contribution in [2.75, 3.05) is 6.61 Å². The van der Waals surface area contributed by atoms with Crippen LogP contribution in [0.15, 0.2) is 23.1 Å². The van der Waals surface area contributed by atoms with Crippen LogP contribution in [-0.4, -0.2) is 6.61 Å². The van der Waals surface area contributed by atoms with Crippen LogP contribution in [0.25, 0.3) is 0 Å². The first-order valence-corrected chi connectivity index (χ1v) is 3.80. The van der Waals surface area contributed by atoms with E-state index in [-0.39, 0.29) is 10.7 Å². The Morgan fingerprint density at radius 3 is 2.91 bits per heavy atom. The van der Waals surface area contributed by atoms with Crippen molar-refractivity contribution in [3.63, 3.8) is 0 Å². The maximum absolute atomic E-state index is 12.7. The van der Waals surface area contributed by atoms with E-state index in [1.807, 2.05) is 6.92 Å². The molecular formula is C8H9FOS. The van der Waals surface area contributed by atoms with E-state index in [1.165, 1.54) is 6.07 Å². The zero-order valence-corrected chi connectivity index (χ0v) is 7.07. The molecule has 1 nitrogen and oxygen atoms in total. The first kappa shape index (κ1) is 8.40. The summed E-state index contributed by atoms with van der Waals surface area (Å²) in [7, 11) is 0. The normalized spacial score (nSPS) is 9.73. The van der Waals surface area contributed by atoms with Crippen LogP contribution in [0.2, 0.25) is 0 Å². The average molecular weight is 172 g/mol. The molecule has 0 spiro atoms. The monoisotopic (exact) mass is 172 g/mol. The molecule has 0 amide bonds. The molecule has 0 aromatic heterocycles. The second kappa shape index (κ2) is 3.62. The van der Waals surface area contributed by atoms with Crippen molar-refractivity contribution in [2.45, 2.75) is 11.8 Å². The molecule has 11 heavy (non-hydrogen) atoms. The summed E-state index contributed by atoms with van der Waals surface area (Å²) in [5.41, 5.74) is 0. The lowest BCUT2D eigenvalue weighted by Gasteiger charge is -2.05. The van der Waals surface area contributed by atoms with Gasteiger partial charge in [0.2, 0.25) is 0 Å². The molecule has 0 aliphatic carbocycles. The fraction of sp³-hybridized carbons (Fsp3) is 0.250. The van der Waals surface area contributed by atoms with Gasteiger partial charge in [0, 0.05) is 0 Å². The molecule has 0 atom stereocenters. The molecule has 1 aromatic rings. The summed E-state index contributed by atoms with van der Waals surface area (Å²) in [5.74, 6) is 0.148. The van der Waals surface area contributed by atoms with Gasteiger partial charge in [-0.2, -0.15) is 0 Å². The van der Waals surface area contributed by atoms with Gasteiger partial charge in [-0.25, -0.2) is 4.39 Å². The molecule has 1 aromatic carbocycles. The summed E-state index contributed by atoms with van der Waals surface area (Å²) < 4.78 is 17.8. The third-order valence-electron chi connectivity index (χ3n) is 1.25. The topological polar surface area (TPSA) is 9.23 Å². The lowest BCUT2D eigenvalue weighted by atomic mass is 10.3. The molecule has 0 bridgehead atoms. The van der Waals surface area contributed by atoms with Crippen molar-refractivity contribution in [2.24, 2.45) is 0 Å². The Morgan fingerprint density at radius 2 is 2.27 bits per heavy atom. The Kier molecular flexibility index (Phi) is 2.76. The summed E-state index contributed by atoms with van der Waals surface area (Å²) in [5, 5.41) is 0. The number of rotatable bonds is 2. The van der Waals surface area contributed by atoms with Gasteiger partial charge in [0.25, 0.3) is 0 Å². The minimum Gasteiger partial charge on any atom is -0.493 e. The molecule has 0 fully saturated rings. The summed E-state index contributed by atoms with van der Waals surface area (Å²) >= 11 is 3.95. The molecule has 0 radical (unpaired) electrons. The van der Waals surface area contributed by atoms with Gasteiger partial charge in [0.05, 0.1) is 11.5 Å². The number of hydrogen-bond acceptors (Lipinski definition) is 2. The van der Waals surface area contributed by atoms with Gasteiger partial charge < -0.3 is 4.74 Å². The third-order valence-corrected chi connectivity index (χ3v) is 1.68.